The lowest BCUT2D eigenvalue weighted by molar-refractivity contribution is 0.0748. The first-order valence-corrected chi connectivity index (χ1v) is 15.2. The molecule has 0 heterocycles. The third-order valence-corrected chi connectivity index (χ3v) is 6.67. The maximum absolute atomic E-state index is 8.66. The second kappa shape index (κ2) is 31.9. The summed E-state index contributed by atoms with van der Waals surface area (Å²) in [5.74, 6) is 0. The number of aliphatic hydroxyl groups excluding tert-OH is 1. The lowest BCUT2D eigenvalue weighted by Gasteiger charge is -2.06. The van der Waals surface area contributed by atoms with Gasteiger partial charge in [0.15, 0.2) is 0 Å². The van der Waals surface area contributed by atoms with Crippen molar-refractivity contribution >= 4 is 0 Å². The maximum Gasteiger partial charge on any atom is 0.0488 e. The molecule has 0 atom stereocenters. The molecule has 0 aromatic carbocycles. The predicted octanol–water partition coefficient (Wildman–Crippen LogP) is 9.39. The first-order chi connectivity index (χ1) is 16.4. The average molecular weight is 471 g/mol. The molecule has 0 aromatic heterocycles. The number of hydrogen-bond acceptors (Lipinski definition) is 3. The Kier molecular flexibility index (Phi) is 31.8. The molecule has 0 spiro atoms. The molecule has 33 heavy (non-hydrogen) atoms. The lowest BCUT2D eigenvalue weighted by Crippen LogP contribution is -2.04. The molecule has 0 saturated carbocycles. The minimum absolute atomic E-state index is 0.218. The molecular weight excluding hydrogens is 408 g/mol. The molecule has 0 aliphatic rings. The SMILES string of the molecule is CCCCCCCCCCCCCCCCCCCCCCCCOCCCOCCCO. The quantitative estimate of drug-likeness (QED) is 0.106. The van der Waals surface area contributed by atoms with Crippen LogP contribution in [-0.2, 0) is 9.47 Å². The van der Waals surface area contributed by atoms with E-state index in [0.29, 0.717) is 6.61 Å². The van der Waals surface area contributed by atoms with Gasteiger partial charge in [0, 0.05) is 33.0 Å². The second-order valence-electron chi connectivity index (χ2n) is 10.1. The number of ether oxygens (including phenoxy) is 2. The van der Waals surface area contributed by atoms with Crippen LogP contribution >= 0.6 is 0 Å². The highest BCUT2D eigenvalue weighted by Gasteiger charge is 1.96. The van der Waals surface area contributed by atoms with Gasteiger partial charge in [-0.2, -0.15) is 0 Å². The van der Waals surface area contributed by atoms with Gasteiger partial charge in [-0.15, -0.1) is 0 Å². The topological polar surface area (TPSA) is 38.7 Å². The number of unbranched alkanes of at least 4 members (excludes halogenated alkanes) is 21. The molecule has 0 amide bonds. The van der Waals surface area contributed by atoms with Crippen LogP contribution < -0.4 is 0 Å². The highest BCUT2D eigenvalue weighted by molar-refractivity contribution is 4.51. The summed E-state index contributed by atoms with van der Waals surface area (Å²) >= 11 is 0. The van der Waals surface area contributed by atoms with Crippen LogP contribution in [0.3, 0.4) is 0 Å². The van der Waals surface area contributed by atoms with Crippen molar-refractivity contribution < 1.29 is 14.6 Å². The normalized spacial score (nSPS) is 11.5. The van der Waals surface area contributed by atoms with E-state index in [4.69, 9.17) is 14.6 Å². The number of hydrogen-bond donors (Lipinski definition) is 1. The monoisotopic (exact) mass is 470 g/mol. The van der Waals surface area contributed by atoms with Gasteiger partial charge in [0.1, 0.15) is 0 Å². The minimum Gasteiger partial charge on any atom is -0.396 e. The zero-order valence-corrected chi connectivity index (χ0v) is 22.8. The largest absolute Gasteiger partial charge is 0.396 e. The van der Waals surface area contributed by atoms with Crippen molar-refractivity contribution in [2.45, 2.75) is 161 Å². The molecule has 3 nitrogen and oxygen atoms in total. The molecule has 0 unspecified atom stereocenters. The molecule has 0 aromatic rings. The minimum atomic E-state index is 0.218. The van der Waals surface area contributed by atoms with Crippen molar-refractivity contribution in [1.29, 1.82) is 0 Å². The molecule has 0 rings (SSSR count). The van der Waals surface area contributed by atoms with E-state index < -0.39 is 0 Å². The summed E-state index contributed by atoms with van der Waals surface area (Å²) in [7, 11) is 0. The molecule has 1 N–H and O–H groups in total. The van der Waals surface area contributed by atoms with Crippen LogP contribution in [0.1, 0.15) is 161 Å². The third-order valence-electron chi connectivity index (χ3n) is 6.67. The Hall–Kier alpha value is -0.120. The van der Waals surface area contributed by atoms with Crippen molar-refractivity contribution in [3.8, 4) is 0 Å². The van der Waals surface area contributed by atoms with Gasteiger partial charge < -0.3 is 14.6 Å². The zero-order chi connectivity index (χ0) is 23.9. The smallest absolute Gasteiger partial charge is 0.0488 e. The number of aliphatic hydroxyl groups is 1. The second-order valence-corrected chi connectivity index (χ2v) is 10.1. The van der Waals surface area contributed by atoms with Crippen molar-refractivity contribution in [1.82, 2.24) is 0 Å². The standard InChI is InChI=1S/C30H62O3/c1-2-3-4-5-6-7-8-9-10-11-12-13-14-15-16-17-18-19-20-21-22-23-27-32-29-25-30-33-28-24-26-31/h31H,2-30H2,1H3. The Bertz CT molecular complexity index is 292. The van der Waals surface area contributed by atoms with Crippen LogP contribution in [0, 0.1) is 0 Å². The first kappa shape index (κ1) is 32.9. The molecule has 0 radical (unpaired) electrons. The maximum atomic E-state index is 8.66. The van der Waals surface area contributed by atoms with Gasteiger partial charge in [0.05, 0.1) is 0 Å². The zero-order valence-electron chi connectivity index (χ0n) is 22.8. The van der Waals surface area contributed by atoms with Gasteiger partial charge >= 0.3 is 0 Å². The van der Waals surface area contributed by atoms with E-state index in [0.717, 1.165) is 32.7 Å². The highest BCUT2D eigenvalue weighted by Crippen LogP contribution is 2.15. The Morgan fingerprint density at radius 2 is 0.606 bits per heavy atom. The van der Waals surface area contributed by atoms with Crippen molar-refractivity contribution in [2.75, 3.05) is 33.0 Å². The predicted molar refractivity (Wildman–Crippen MR) is 145 cm³/mol. The number of rotatable bonds is 30. The lowest BCUT2D eigenvalue weighted by atomic mass is 10.0. The van der Waals surface area contributed by atoms with Crippen molar-refractivity contribution in [2.24, 2.45) is 0 Å². The van der Waals surface area contributed by atoms with Crippen LogP contribution in [0.5, 0.6) is 0 Å². The van der Waals surface area contributed by atoms with Gasteiger partial charge in [-0.25, -0.2) is 0 Å². The van der Waals surface area contributed by atoms with Crippen LogP contribution in [0.15, 0.2) is 0 Å². The summed E-state index contributed by atoms with van der Waals surface area (Å²) in [6.45, 7) is 5.63. The fraction of sp³-hybridized carbons (Fsp3) is 1.00. The van der Waals surface area contributed by atoms with Crippen LogP contribution in [-0.4, -0.2) is 38.1 Å². The Balaban J connectivity index is 2.99. The molecule has 0 aliphatic heterocycles. The summed E-state index contributed by atoms with van der Waals surface area (Å²) in [5, 5.41) is 8.66. The highest BCUT2D eigenvalue weighted by atomic mass is 16.5. The molecule has 0 aliphatic carbocycles. The first-order valence-electron chi connectivity index (χ1n) is 15.2. The van der Waals surface area contributed by atoms with Gasteiger partial charge in [-0.05, 0) is 19.3 Å². The van der Waals surface area contributed by atoms with Crippen LogP contribution in [0.2, 0.25) is 0 Å². The molecule has 0 bridgehead atoms. The summed E-state index contributed by atoms with van der Waals surface area (Å²) in [6, 6.07) is 0. The molecule has 0 saturated heterocycles. The van der Waals surface area contributed by atoms with E-state index in [9.17, 15) is 0 Å². The summed E-state index contributed by atoms with van der Waals surface area (Å²) in [6.07, 6.45) is 33.2. The Morgan fingerprint density at radius 1 is 0.333 bits per heavy atom. The van der Waals surface area contributed by atoms with Crippen LogP contribution in [0.25, 0.3) is 0 Å². The molecule has 3 heteroatoms. The van der Waals surface area contributed by atoms with Gasteiger partial charge in [0.2, 0.25) is 0 Å². The third kappa shape index (κ3) is 31.9. The van der Waals surface area contributed by atoms with E-state index in [1.807, 2.05) is 0 Å². The van der Waals surface area contributed by atoms with E-state index >= 15 is 0 Å². The molecule has 200 valence electrons. The van der Waals surface area contributed by atoms with E-state index in [1.54, 1.807) is 0 Å². The van der Waals surface area contributed by atoms with Gasteiger partial charge in [-0.1, -0.05) is 142 Å². The summed E-state index contributed by atoms with van der Waals surface area (Å²) < 4.78 is 11.0. The van der Waals surface area contributed by atoms with E-state index in [-0.39, 0.29) is 6.61 Å². The van der Waals surface area contributed by atoms with Crippen molar-refractivity contribution in [3.63, 3.8) is 0 Å². The summed E-state index contributed by atoms with van der Waals surface area (Å²) in [4.78, 5) is 0. The molecular formula is C30H62O3. The Labute approximate surface area is 208 Å². The summed E-state index contributed by atoms with van der Waals surface area (Å²) in [5.41, 5.74) is 0. The fourth-order valence-electron chi connectivity index (χ4n) is 4.45. The van der Waals surface area contributed by atoms with Gasteiger partial charge in [0.25, 0.3) is 0 Å². The molecule has 0 fully saturated rings. The van der Waals surface area contributed by atoms with Crippen LogP contribution in [0.4, 0.5) is 0 Å². The van der Waals surface area contributed by atoms with E-state index in [2.05, 4.69) is 6.92 Å². The Morgan fingerprint density at radius 3 is 0.939 bits per heavy atom. The fourth-order valence-corrected chi connectivity index (χ4v) is 4.45. The van der Waals surface area contributed by atoms with Gasteiger partial charge in [-0.3, -0.25) is 0 Å². The van der Waals surface area contributed by atoms with Crippen molar-refractivity contribution in [3.05, 3.63) is 0 Å². The van der Waals surface area contributed by atoms with E-state index in [1.165, 1.54) is 141 Å². The average Bonchev–Trinajstić information content (AvgIpc) is 2.83.